The van der Waals surface area contributed by atoms with Gasteiger partial charge in [-0.25, -0.2) is 17.6 Å². The van der Waals surface area contributed by atoms with Gasteiger partial charge >= 0.3 is 17.8 Å². The van der Waals surface area contributed by atoms with E-state index in [2.05, 4.69) is 15.4 Å². The lowest BCUT2D eigenvalue weighted by Crippen LogP contribution is -2.61. The maximum absolute atomic E-state index is 13.9. The van der Waals surface area contributed by atoms with E-state index in [0.717, 1.165) is 18.2 Å². The van der Waals surface area contributed by atoms with Gasteiger partial charge in [0.05, 0.1) is 6.04 Å². The summed E-state index contributed by atoms with van der Waals surface area (Å²) in [6.07, 6.45) is -0.648. The molecule has 4 N–H and O–H groups in total. The zero-order chi connectivity index (χ0) is 31.2. The third-order valence-corrected chi connectivity index (χ3v) is 6.42. The molecule has 1 aliphatic carbocycles. The summed E-state index contributed by atoms with van der Waals surface area (Å²) in [5.74, 6) is -18.0. The van der Waals surface area contributed by atoms with Crippen LogP contribution in [0.4, 0.5) is 32.0 Å². The molecule has 10 nitrogen and oxygen atoms in total. The van der Waals surface area contributed by atoms with E-state index in [0.29, 0.717) is 12.8 Å². The predicted octanol–water partition coefficient (Wildman–Crippen LogP) is 2.89. The molecule has 2 aromatic rings. The Balaban J connectivity index is 1.75. The molecule has 0 spiro atoms. The monoisotopic (exact) mass is 603 g/mol. The number of nitrogens with one attached hydrogen (secondary N) is 3. The lowest BCUT2D eigenvalue weighted by atomic mass is 9.94. The zero-order valence-electron chi connectivity index (χ0n) is 21.5. The van der Waals surface area contributed by atoms with Gasteiger partial charge in [-0.05, 0) is 31.4 Å². The fourth-order valence-electron chi connectivity index (χ4n) is 4.25. The molecule has 1 saturated carbocycles. The van der Waals surface area contributed by atoms with Gasteiger partial charge in [0.15, 0.2) is 23.2 Å². The number of anilines is 1. The minimum atomic E-state index is -1.94. The molecule has 1 fully saturated rings. The summed E-state index contributed by atoms with van der Waals surface area (Å²) in [6, 6.07) is 0.906. The fraction of sp³-hybridized carbons (Fsp3) is 0.346. The number of aliphatic carboxylic acids is 1. The van der Waals surface area contributed by atoms with Crippen LogP contribution in [0.5, 0.6) is 5.75 Å². The summed E-state index contributed by atoms with van der Waals surface area (Å²) in [6.45, 7) is -1.25. The van der Waals surface area contributed by atoms with Crippen LogP contribution in [0.25, 0.3) is 0 Å². The Kier molecular flexibility index (Phi) is 10.1. The van der Waals surface area contributed by atoms with Gasteiger partial charge in [-0.3, -0.25) is 24.0 Å². The van der Waals surface area contributed by atoms with Gasteiger partial charge in [0.1, 0.15) is 29.5 Å². The number of carboxylic acids is 1. The number of carbonyl (C=O) groups excluding carboxylic acids is 4. The van der Waals surface area contributed by atoms with Gasteiger partial charge in [-0.15, -0.1) is 0 Å². The first kappa shape index (κ1) is 31.9. The molecule has 16 heteroatoms. The number of carbonyl (C=O) groups is 5. The van der Waals surface area contributed by atoms with E-state index in [1.54, 1.807) is 5.32 Å². The molecule has 3 amide bonds. The van der Waals surface area contributed by atoms with Crippen molar-refractivity contribution in [2.24, 2.45) is 0 Å². The van der Waals surface area contributed by atoms with Crippen molar-refractivity contribution in [3.63, 3.8) is 0 Å². The van der Waals surface area contributed by atoms with Crippen molar-refractivity contribution in [1.82, 2.24) is 10.6 Å². The second-order valence-electron chi connectivity index (χ2n) is 9.30. The summed E-state index contributed by atoms with van der Waals surface area (Å²) in [7, 11) is 0. The molecule has 0 aliphatic heterocycles. The maximum Gasteiger partial charge on any atom is 0.313 e. The molecule has 42 heavy (non-hydrogen) atoms. The standard InChI is InChI=1S/C26H23F6N3O7/c27-12-4-3-5-13(28)21(12)34-23(39)24(40)35-26(8-1-2-9-26)25(41)33-16(6-7-18(37)38)17(36)11-42-22-19(31)14(29)10-15(30)20(22)32/h3-5,10,16H,1-2,6-9,11H2,(H,33,41)(H,34,39)(H,35,40)(H,37,38)/t16-/m0/s1. The first-order chi connectivity index (χ1) is 19.8. The Labute approximate surface area is 233 Å². The van der Waals surface area contributed by atoms with Crippen LogP contribution in [0, 0.1) is 34.9 Å². The molecule has 0 radical (unpaired) electrons. The van der Waals surface area contributed by atoms with E-state index in [-0.39, 0.29) is 18.9 Å². The summed E-state index contributed by atoms with van der Waals surface area (Å²) >= 11 is 0. The van der Waals surface area contributed by atoms with Gasteiger partial charge in [0.2, 0.25) is 17.5 Å². The van der Waals surface area contributed by atoms with Gasteiger partial charge in [0.25, 0.3) is 0 Å². The first-order valence-electron chi connectivity index (χ1n) is 12.3. The van der Waals surface area contributed by atoms with Crippen LogP contribution in [-0.2, 0) is 24.0 Å². The van der Waals surface area contributed by atoms with E-state index < -0.39 is 107 Å². The summed E-state index contributed by atoms with van der Waals surface area (Å²) in [5.41, 5.74) is -2.72. The molecule has 0 heterocycles. The zero-order valence-corrected chi connectivity index (χ0v) is 21.5. The molecule has 0 saturated heterocycles. The quantitative estimate of drug-likeness (QED) is 0.175. The van der Waals surface area contributed by atoms with E-state index >= 15 is 0 Å². The van der Waals surface area contributed by atoms with Crippen LogP contribution in [-0.4, -0.2) is 52.8 Å². The fourth-order valence-corrected chi connectivity index (χ4v) is 4.25. The van der Waals surface area contributed by atoms with Crippen LogP contribution in [0.2, 0.25) is 0 Å². The number of Topliss-reactive ketones (excluding diaryl/α,β-unsaturated/α-hetero) is 1. The van der Waals surface area contributed by atoms with Gasteiger partial charge in [-0.1, -0.05) is 18.9 Å². The smallest absolute Gasteiger partial charge is 0.313 e. The van der Waals surface area contributed by atoms with Crippen molar-refractivity contribution in [3.8, 4) is 5.75 Å². The number of amides is 3. The minimum Gasteiger partial charge on any atom is -0.481 e. The van der Waals surface area contributed by atoms with Gasteiger partial charge in [-0.2, -0.15) is 8.78 Å². The summed E-state index contributed by atoms with van der Waals surface area (Å²) < 4.78 is 87.1. The number of halogens is 6. The molecule has 0 unspecified atom stereocenters. The average Bonchev–Trinajstić information content (AvgIpc) is 3.41. The van der Waals surface area contributed by atoms with Crippen molar-refractivity contribution < 1.29 is 60.2 Å². The third-order valence-electron chi connectivity index (χ3n) is 6.42. The number of ketones is 1. The maximum atomic E-state index is 13.9. The third kappa shape index (κ3) is 7.36. The Morgan fingerprint density at radius 2 is 1.45 bits per heavy atom. The molecule has 1 atom stereocenters. The highest BCUT2D eigenvalue weighted by molar-refractivity contribution is 6.40. The van der Waals surface area contributed by atoms with Crippen LogP contribution < -0.4 is 20.7 Å². The Bertz CT molecular complexity index is 1370. The van der Waals surface area contributed by atoms with Crippen molar-refractivity contribution in [2.75, 3.05) is 11.9 Å². The minimum absolute atomic E-state index is 0.0543. The number of ether oxygens (including phenoxy) is 1. The second kappa shape index (κ2) is 13.4. The highest BCUT2D eigenvalue weighted by Gasteiger charge is 2.45. The van der Waals surface area contributed by atoms with Crippen LogP contribution in [0.1, 0.15) is 38.5 Å². The molecular formula is C26H23F6N3O7. The molecule has 1 aliphatic rings. The Morgan fingerprint density at radius 1 is 0.881 bits per heavy atom. The van der Waals surface area contributed by atoms with E-state index in [4.69, 9.17) is 5.11 Å². The molecule has 0 bridgehead atoms. The number of para-hydroxylation sites is 1. The topological polar surface area (TPSA) is 151 Å². The lowest BCUT2D eigenvalue weighted by molar-refractivity contribution is -0.141. The van der Waals surface area contributed by atoms with Crippen molar-refractivity contribution in [1.29, 1.82) is 0 Å². The average molecular weight is 603 g/mol. The number of hydrogen-bond donors (Lipinski definition) is 4. The Morgan fingerprint density at radius 3 is 2.00 bits per heavy atom. The van der Waals surface area contributed by atoms with E-state index in [1.807, 2.05) is 0 Å². The predicted molar refractivity (Wildman–Crippen MR) is 130 cm³/mol. The molecule has 2 aromatic carbocycles. The van der Waals surface area contributed by atoms with Gasteiger partial charge < -0.3 is 25.8 Å². The Hall–Kier alpha value is -4.63. The van der Waals surface area contributed by atoms with Crippen LogP contribution in [0.3, 0.4) is 0 Å². The van der Waals surface area contributed by atoms with Crippen LogP contribution in [0.15, 0.2) is 24.3 Å². The van der Waals surface area contributed by atoms with Crippen molar-refractivity contribution in [3.05, 3.63) is 59.2 Å². The largest absolute Gasteiger partial charge is 0.481 e. The molecule has 0 aromatic heterocycles. The summed E-state index contributed by atoms with van der Waals surface area (Å²) in [4.78, 5) is 62.1. The van der Waals surface area contributed by atoms with Crippen molar-refractivity contribution >= 4 is 35.2 Å². The normalized spacial score (nSPS) is 14.5. The number of rotatable bonds is 11. The van der Waals surface area contributed by atoms with Crippen LogP contribution >= 0.6 is 0 Å². The first-order valence-corrected chi connectivity index (χ1v) is 12.3. The molecule has 226 valence electrons. The second-order valence-corrected chi connectivity index (χ2v) is 9.30. The number of hydrogen-bond acceptors (Lipinski definition) is 6. The van der Waals surface area contributed by atoms with Crippen molar-refractivity contribution in [2.45, 2.75) is 50.1 Å². The SMILES string of the molecule is O=C(O)CC[C@H](NC(=O)C1(NC(=O)C(=O)Nc2c(F)cccc2F)CCCC1)C(=O)COc1c(F)c(F)cc(F)c1F. The lowest BCUT2D eigenvalue weighted by Gasteiger charge is -2.30. The highest BCUT2D eigenvalue weighted by atomic mass is 19.2. The molecular weight excluding hydrogens is 580 g/mol. The summed E-state index contributed by atoms with van der Waals surface area (Å²) in [5, 5.41) is 15.2. The number of carboxylic acid groups (broad SMARTS) is 1. The van der Waals surface area contributed by atoms with E-state index in [1.165, 1.54) is 0 Å². The van der Waals surface area contributed by atoms with E-state index in [9.17, 15) is 50.3 Å². The van der Waals surface area contributed by atoms with Gasteiger partial charge in [0, 0.05) is 12.5 Å². The number of benzene rings is 2. The highest BCUT2D eigenvalue weighted by Crippen LogP contribution is 2.31. The molecule has 3 rings (SSSR count).